The van der Waals surface area contributed by atoms with E-state index in [1.807, 2.05) is 11.3 Å². The summed E-state index contributed by atoms with van der Waals surface area (Å²) in [6.07, 6.45) is 2.56. The number of hydrogen-bond donors (Lipinski definition) is 1. The summed E-state index contributed by atoms with van der Waals surface area (Å²) in [6, 6.07) is 4.76. The van der Waals surface area contributed by atoms with E-state index in [0.717, 1.165) is 0 Å². The molecule has 1 aromatic heterocycles. The summed E-state index contributed by atoms with van der Waals surface area (Å²) in [5.41, 5.74) is 6.34. The van der Waals surface area contributed by atoms with Gasteiger partial charge in [0.05, 0.1) is 0 Å². The fraction of sp³-hybridized carbons (Fsp3) is 0.600. The summed E-state index contributed by atoms with van der Waals surface area (Å²) in [4.78, 5) is 2.90. The van der Waals surface area contributed by atoms with Gasteiger partial charge in [-0.2, -0.15) is 0 Å². The average molecular weight is 181 g/mol. The van der Waals surface area contributed by atoms with Gasteiger partial charge in [-0.3, -0.25) is 0 Å². The molecule has 1 heterocycles. The van der Waals surface area contributed by atoms with Gasteiger partial charge in [0.15, 0.2) is 0 Å². The van der Waals surface area contributed by atoms with Crippen molar-refractivity contribution in [3.05, 3.63) is 21.9 Å². The minimum Gasteiger partial charge on any atom is -0.327 e. The van der Waals surface area contributed by atoms with Crippen molar-refractivity contribution in [1.29, 1.82) is 0 Å². The quantitative estimate of drug-likeness (QED) is 0.745. The van der Waals surface area contributed by atoms with Gasteiger partial charge in [-0.05, 0) is 38.8 Å². The maximum absolute atomic E-state index is 5.98. The third-order valence-electron chi connectivity index (χ3n) is 2.89. The van der Waals surface area contributed by atoms with Crippen LogP contribution in [0.1, 0.15) is 29.5 Å². The predicted molar refractivity (Wildman–Crippen MR) is 53.6 cm³/mol. The van der Waals surface area contributed by atoms with Crippen molar-refractivity contribution in [3.63, 3.8) is 0 Å². The summed E-state index contributed by atoms with van der Waals surface area (Å²) < 4.78 is 0. The minimum absolute atomic E-state index is 0.315. The molecule has 1 aliphatic rings. The van der Waals surface area contributed by atoms with Crippen LogP contribution in [0.4, 0.5) is 0 Å². The van der Waals surface area contributed by atoms with Gasteiger partial charge in [0.2, 0.25) is 0 Å². The van der Waals surface area contributed by atoms with E-state index in [4.69, 9.17) is 5.73 Å². The number of nitrogens with two attached hydrogens (primary N) is 1. The normalized spacial score (nSPS) is 22.2. The Labute approximate surface area is 77.6 Å². The Kier molecular flexibility index (Phi) is 1.77. The van der Waals surface area contributed by atoms with E-state index < -0.39 is 0 Å². The third kappa shape index (κ3) is 1.10. The highest BCUT2D eigenvalue weighted by Gasteiger charge is 2.48. The van der Waals surface area contributed by atoms with Gasteiger partial charge < -0.3 is 5.73 Å². The van der Waals surface area contributed by atoms with Crippen LogP contribution in [0.2, 0.25) is 0 Å². The average Bonchev–Trinajstić information content (AvgIpc) is 2.71. The molecule has 0 bridgehead atoms. The van der Waals surface area contributed by atoms with Crippen LogP contribution in [-0.4, -0.2) is 6.04 Å². The van der Waals surface area contributed by atoms with Gasteiger partial charge in [-0.25, -0.2) is 0 Å². The Bertz CT molecular complexity index is 284. The Hall–Kier alpha value is -0.340. The first-order valence-corrected chi connectivity index (χ1v) is 5.29. The van der Waals surface area contributed by atoms with Crippen LogP contribution in [0, 0.1) is 6.92 Å². The van der Waals surface area contributed by atoms with Gasteiger partial charge in [-0.1, -0.05) is 0 Å². The Morgan fingerprint density at radius 3 is 2.50 bits per heavy atom. The Balaban J connectivity index is 2.30. The van der Waals surface area contributed by atoms with Crippen LogP contribution in [0.15, 0.2) is 12.1 Å². The highest BCUT2D eigenvalue weighted by molar-refractivity contribution is 7.12. The zero-order valence-corrected chi connectivity index (χ0v) is 8.45. The molecule has 1 aliphatic carbocycles. The van der Waals surface area contributed by atoms with E-state index in [1.54, 1.807) is 0 Å². The van der Waals surface area contributed by atoms with Gasteiger partial charge in [0.1, 0.15) is 0 Å². The summed E-state index contributed by atoms with van der Waals surface area (Å²) in [5, 5.41) is 0. The first-order valence-electron chi connectivity index (χ1n) is 4.48. The molecule has 1 nitrogen and oxygen atoms in total. The molecule has 1 fully saturated rings. The predicted octanol–water partition coefficient (Wildman–Crippen LogP) is 2.44. The zero-order valence-electron chi connectivity index (χ0n) is 7.63. The molecule has 66 valence electrons. The van der Waals surface area contributed by atoms with Crippen LogP contribution in [0.3, 0.4) is 0 Å². The molecule has 0 aromatic carbocycles. The molecule has 2 heteroatoms. The van der Waals surface area contributed by atoms with Crippen LogP contribution in [0.25, 0.3) is 0 Å². The Morgan fingerprint density at radius 1 is 1.50 bits per heavy atom. The molecule has 1 unspecified atom stereocenters. The number of rotatable bonds is 2. The van der Waals surface area contributed by atoms with Crippen molar-refractivity contribution >= 4 is 11.3 Å². The number of aryl methyl sites for hydroxylation is 1. The van der Waals surface area contributed by atoms with Crippen molar-refractivity contribution in [2.75, 3.05) is 0 Å². The number of thiophene rings is 1. The van der Waals surface area contributed by atoms with Crippen LogP contribution in [-0.2, 0) is 5.41 Å². The lowest BCUT2D eigenvalue weighted by Crippen LogP contribution is -2.30. The van der Waals surface area contributed by atoms with Crippen molar-refractivity contribution < 1.29 is 0 Å². The van der Waals surface area contributed by atoms with Gasteiger partial charge >= 0.3 is 0 Å². The molecule has 1 aromatic rings. The van der Waals surface area contributed by atoms with Gasteiger partial charge in [0, 0.05) is 21.2 Å². The molecule has 2 rings (SSSR count). The highest BCUT2D eigenvalue weighted by atomic mass is 32.1. The maximum Gasteiger partial charge on any atom is 0.0196 e. The lowest BCUT2D eigenvalue weighted by Gasteiger charge is -2.17. The topological polar surface area (TPSA) is 26.0 Å². The largest absolute Gasteiger partial charge is 0.327 e. The zero-order chi connectivity index (χ0) is 8.77. The smallest absolute Gasteiger partial charge is 0.0196 e. The van der Waals surface area contributed by atoms with Crippen LogP contribution in [0.5, 0.6) is 0 Å². The molecular weight excluding hydrogens is 166 g/mol. The van der Waals surface area contributed by atoms with Crippen molar-refractivity contribution in [2.24, 2.45) is 5.73 Å². The molecule has 0 saturated heterocycles. The highest BCUT2D eigenvalue weighted by Crippen LogP contribution is 2.52. The SMILES string of the molecule is Cc1ccc(C2(C(C)N)CC2)s1. The third-order valence-corrected chi connectivity index (χ3v) is 4.11. The van der Waals surface area contributed by atoms with Crippen molar-refractivity contribution in [3.8, 4) is 0 Å². The monoisotopic (exact) mass is 181 g/mol. The van der Waals surface area contributed by atoms with Crippen LogP contribution < -0.4 is 5.73 Å². The molecule has 0 aliphatic heterocycles. The second-order valence-electron chi connectivity index (χ2n) is 3.86. The fourth-order valence-electron chi connectivity index (χ4n) is 1.76. The lowest BCUT2D eigenvalue weighted by molar-refractivity contribution is 0.566. The molecule has 1 atom stereocenters. The molecule has 0 amide bonds. The van der Waals surface area contributed by atoms with Crippen LogP contribution >= 0.6 is 11.3 Å². The second kappa shape index (κ2) is 2.57. The van der Waals surface area contributed by atoms with Crippen molar-refractivity contribution in [2.45, 2.75) is 38.1 Å². The van der Waals surface area contributed by atoms with E-state index in [9.17, 15) is 0 Å². The molecular formula is C10H15NS. The van der Waals surface area contributed by atoms with E-state index in [1.165, 1.54) is 22.6 Å². The second-order valence-corrected chi connectivity index (χ2v) is 5.14. The first kappa shape index (κ1) is 8.27. The maximum atomic E-state index is 5.98. The summed E-state index contributed by atoms with van der Waals surface area (Å²) in [6.45, 7) is 4.29. The van der Waals surface area contributed by atoms with E-state index in [2.05, 4.69) is 26.0 Å². The fourth-order valence-corrected chi connectivity index (χ4v) is 2.98. The lowest BCUT2D eigenvalue weighted by atomic mass is 9.97. The standard InChI is InChI=1S/C10H15NS/c1-7-3-4-9(12-7)10(5-6-10)8(2)11/h3-4,8H,5-6,11H2,1-2H3. The van der Waals surface area contributed by atoms with Crippen molar-refractivity contribution in [1.82, 2.24) is 0 Å². The first-order chi connectivity index (χ1) is 5.65. The van der Waals surface area contributed by atoms with E-state index in [0.29, 0.717) is 11.5 Å². The summed E-state index contributed by atoms with van der Waals surface area (Å²) in [7, 11) is 0. The molecule has 12 heavy (non-hydrogen) atoms. The number of hydrogen-bond acceptors (Lipinski definition) is 2. The molecule has 0 radical (unpaired) electrons. The molecule has 0 spiro atoms. The summed E-state index contributed by atoms with van der Waals surface area (Å²) in [5.74, 6) is 0. The van der Waals surface area contributed by atoms with Gasteiger partial charge in [-0.15, -0.1) is 11.3 Å². The van der Waals surface area contributed by atoms with E-state index >= 15 is 0 Å². The minimum atomic E-state index is 0.315. The summed E-state index contributed by atoms with van der Waals surface area (Å²) >= 11 is 1.91. The van der Waals surface area contributed by atoms with Gasteiger partial charge in [0.25, 0.3) is 0 Å². The molecule has 1 saturated carbocycles. The molecule has 2 N–H and O–H groups in total. The van der Waals surface area contributed by atoms with E-state index in [-0.39, 0.29) is 0 Å². The Morgan fingerprint density at radius 2 is 2.17 bits per heavy atom.